The molecule has 0 aliphatic heterocycles. The summed E-state index contributed by atoms with van der Waals surface area (Å²) in [6.07, 6.45) is -0.559. The lowest BCUT2D eigenvalue weighted by Gasteiger charge is -2.22. The molecule has 0 spiro atoms. The van der Waals surface area contributed by atoms with Gasteiger partial charge in [0, 0.05) is 22.4 Å². The third-order valence-electron chi connectivity index (χ3n) is 3.74. The summed E-state index contributed by atoms with van der Waals surface area (Å²) in [5, 5.41) is 2.99. The van der Waals surface area contributed by atoms with Crippen molar-refractivity contribution in [2.75, 3.05) is 13.2 Å². The quantitative estimate of drug-likeness (QED) is 0.674. The predicted octanol–water partition coefficient (Wildman–Crippen LogP) is 4.81. The molecule has 0 radical (unpaired) electrons. The molecule has 27 heavy (non-hydrogen) atoms. The Balaban J connectivity index is 2.37. The molecule has 0 bridgehead atoms. The van der Waals surface area contributed by atoms with Crippen molar-refractivity contribution in [3.05, 3.63) is 34.2 Å². The number of amides is 1. The lowest BCUT2D eigenvalue weighted by Crippen LogP contribution is -2.35. The highest BCUT2D eigenvalue weighted by Crippen LogP contribution is 2.30. The van der Waals surface area contributed by atoms with E-state index >= 15 is 0 Å². The van der Waals surface area contributed by atoms with E-state index in [1.54, 1.807) is 38.3 Å². The minimum Gasteiger partial charge on any atom is -0.461 e. The largest absolute Gasteiger partial charge is 0.461 e. The van der Waals surface area contributed by atoms with E-state index < -0.39 is 23.5 Å². The zero-order valence-corrected chi connectivity index (χ0v) is 17.6. The molecule has 0 saturated heterocycles. The summed E-state index contributed by atoms with van der Waals surface area (Å²) in [7, 11) is 0. The number of aromatic nitrogens is 1. The number of ether oxygens (including phenoxy) is 2. The zero-order valence-electron chi connectivity index (χ0n) is 16.1. The van der Waals surface area contributed by atoms with Crippen molar-refractivity contribution in [2.24, 2.45) is 0 Å². The van der Waals surface area contributed by atoms with Crippen LogP contribution in [0, 0.1) is 5.82 Å². The third-order valence-corrected chi connectivity index (χ3v) is 4.20. The van der Waals surface area contributed by atoms with E-state index in [0.717, 1.165) is 0 Å². The van der Waals surface area contributed by atoms with Gasteiger partial charge in [-0.15, -0.1) is 0 Å². The minimum atomic E-state index is -0.614. The van der Waals surface area contributed by atoms with Gasteiger partial charge in [0.15, 0.2) is 0 Å². The number of halogens is 2. The maximum atomic E-state index is 14.4. The fourth-order valence-electron chi connectivity index (χ4n) is 2.72. The molecule has 6 nitrogen and oxygen atoms in total. The normalized spacial score (nSPS) is 12.7. The van der Waals surface area contributed by atoms with Gasteiger partial charge in [0.25, 0.3) is 0 Å². The second-order valence-electron chi connectivity index (χ2n) is 7.17. The lowest BCUT2D eigenvalue weighted by molar-refractivity contribution is 0.0512. The first-order valence-electron chi connectivity index (χ1n) is 8.67. The molecule has 0 aliphatic carbocycles. The Morgan fingerprint density at radius 1 is 1.30 bits per heavy atom. The van der Waals surface area contributed by atoms with Gasteiger partial charge in [-0.1, -0.05) is 15.9 Å². The Bertz CT molecular complexity index is 857. The average Bonchev–Trinajstić information content (AvgIpc) is 2.91. The van der Waals surface area contributed by atoms with Crippen molar-refractivity contribution < 1.29 is 23.5 Å². The average molecular weight is 443 g/mol. The van der Waals surface area contributed by atoms with Crippen LogP contribution in [-0.4, -0.2) is 35.4 Å². The molecule has 148 valence electrons. The highest BCUT2D eigenvalue weighted by molar-refractivity contribution is 9.10. The highest BCUT2D eigenvalue weighted by Gasteiger charge is 2.23. The molecule has 0 aliphatic rings. The minimum absolute atomic E-state index is 0.194. The van der Waals surface area contributed by atoms with Crippen molar-refractivity contribution in [3.8, 4) is 0 Å². The molecule has 1 aromatic heterocycles. The maximum Gasteiger partial charge on any atom is 0.407 e. The smallest absolute Gasteiger partial charge is 0.407 e. The number of benzene rings is 1. The summed E-state index contributed by atoms with van der Waals surface area (Å²) in [5.41, 5.74) is 0.142. The summed E-state index contributed by atoms with van der Waals surface area (Å²) in [6, 6.07) is 4.19. The van der Waals surface area contributed by atoms with Gasteiger partial charge in [-0.3, -0.25) is 0 Å². The van der Waals surface area contributed by atoms with Crippen LogP contribution in [0.1, 0.15) is 51.1 Å². The van der Waals surface area contributed by atoms with Gasteiger partial charge in [0.05, 0.1) is 12.1 Å². The van der Waals surface area contributed by atoms with Crippen molar-refractivity contribution in [2.45, 2.75) is 46.3 Å². The van der Waals surface area contributed by atoms with E-state index in [9.17, 15) is 14.0 Å². The first kappa shape index (κ1) is 21.2. The molecule has 0 unspecified atom stereocenters. The van der Waals surface area contributed by atoms with E-state index in [-0.39, 0.29) is 24.9 Å². The highest BCUT2D eigenvalue weighted by atomic mass is 79.9. The summed E-state index contributed by atoms with van der Waals surface area (Å²) < 4.78 is 26.9. The molecular formula is C19H24BrFN2O4. The Hall–Kier alpha value is -2.09. The standard InChI is InChI=1S/C19H24BrFN2O4/c1-6-26-17(24)16-9-13-14(21)7-12(20)8-15(13)23(16)11(2)10-22-18(25)27-19(3,4)5/h7-9,11H,6,10H2,1-5H3,(H,22,25)/t11-/m1/s1. The van der Waals surface area contributed by atoms with Crippen LogP contribution in [0.2, 0.25) is 0 Å². The number of alkyl carbamates (subject to hydrolysis) is 1. The topological polar surface area (TPSA) is 69.6 Å². The van der Waals surface area contributed by atoms with Crippen LogP contribution in [0.4, 0.5) is 9.18 Å². The summed E-state index contributed by atoms with van der Waals surface area (Å²) in [5.74, 6) is -0.996. The Morgan fingerprint density at radius 2 is 1.96 bits per heavy atom. The van der Waals surface area contributed by atoms with Crippen molar-refractivity contribution in [1.29, 1.82) is 0 Å². The van der Waals surface area contributed by atoms with Crippen LogP contribution in [0.25, 0.3) is 10.9 Å². The molecule has 0 saturated carbocycles. The van der Waals surface area contributed by atoms with E-state index in [1.165, 1.54) is 12.1 Å². The number of rotatable bonds is 5. The first-order valence-corrected chi connectivity index (χ1v) is 9.46. The van der Waals surface area contributed by atoms with Crippen LogP contribution in [0.3, 0.4) is 0 Å². The predicted molar refractivity (Wildman–Crippen MR) is 105 cm³/mol. The maximum absolute atomic E-state index is 14.4. The molecule has 8 heteroatoms. The number of hydrogen-bond donors (Lipinski definition) is 1. The lowest BCUT2D eigenvalue weighted by atomic mass is 10.2. The van der Waals surface area contributed by atoms with Crippen LogP contribution in [0.5, 0.6) is 0 Å². The van der Waals surface area contributed by atoms with Gasteiger partial charge in [-0.05, 0) is 52.8 Å². The second-order valence-corrected chi connectivity index (χ2v) is 8.09. The van der Waals surface area contributed by atoms with Gasteiger partial charge >= 0.3 is 12.1 Å². The van der Waals surface area contributed by atoms with Gasteiger partial charge in [-0.2, -0.15) is 0 Å². The van der Waals surface area contributed by atoms with E-state index in [2.05, 4.69) is 21.2 Å². The van der Waals surface area contributed by atoms with Crippen molar-refractivity contribution in [1.82, 2.24) is 9.88 Å². The van der Waals surface area contributed by atoms with Crippen LogP contribution in [0.15, 0.2) is 22.7 Å². The summed E-state index contributed by atoms with van der Waals surface area (Å²) in [4.78, 5) is 24.3. The van der Waals surface area contributed by atoms with Crippen LogP contribution < -0.4 is 5.32 Å². The molecule has 1 aromatic carbocycles. The van der Waals surface area contributed by atoms with E-state index in [4.69, 9.17) is 9.47 Å². The molecular weight excluding hydrogens is 419 g/mol. The van der Waals surface area contributed by atoms with Gasteiger partial charge < -0.3 is 19.4 Å². The third kappa shape index (κ3) is 5.22. The van der Waals surface area contributed by atoms with Crippen molar-refractivity contribution in [3.63, 3.8) is 0 Å². The number of nitrogens with zero attached hydrogens (tertiary/aromatic N) is 1. The SMILES string of the molecule is CCOC(=O)c1cc2c(F)cc(Br)cc2n1[C@H](C)CNC(=O)OC(C)(C)C. The van der Waals surface area contributed by atoms with E-state index in [0.29, 0.717) is 15.4 Å². The fourth-order valence-corrected chi connectivity index (χ4v) is 3.14. The molecule has 1 amide bonds. The number of hydrogen-bond acceptors (Lipinski definition) is 4. The van der Waals surface area contributed by atoms with Gasteiger partial charge in [-0.25, -0.2) is 14.0 Å². The molecule has 0 fully saturated rings. The van der Waals surface area contributed by atoms with Gasteiger partial charge in [0.2, 0.25) is 0 Å². The Kier molecular flexibility index (Phi) is 6.51. The number of nitrogens with one attached hydrogen (secondary N) is 1. The van der Waals surface area contributed by atoms with E-state index in [1.807, 2.05) is 6.92 Å². The monoisotopic (exact) mass is 442 g/mol. The summed E-state index contributed by atoms with van der Waals surface area (Å²) in [6.45, 7) is 9.24. The number of carbonyl (C=O) groups excluding carboxylic acids is 2. The van der Waals surface area contributed by atoms with Crippen LogP contribution >= 0.6 is 15.9 Å². The number of fused-ring (bicyclic) bond motifs is 1. The first-order chi connectivity index (χ1) is 12.5. The van der Waals surface area contributed by atoms with Gasteiger partial charge in [0.1, 0.15) is 17.1 Å². The summed E-state index contributed by atoms with van der Waals surface area (Å²) >= 11 is 3.28. The number of carbonyl (C=O) groups is 2. The fraction of sp³-hybridized carbons (Fsp3) is 0.474. The van der Waals surface area contributed by atoms with Crippen LogP contribution in [-0.2, 0) is 9.47 Å². The number of esters is 1. The van der Waals surface area contributed by atoms with Crippen molar-refractivity contribution >= 4 is 38.9 Å². The Morgan fingerprint density at radius 3 is 2.56 bits per heavy atom. The Labute approximate surface area is 166 Å². The zero-order chi connectivity index (χ0) is 20.4. The molecule has 2 rings (SSSR count). The molecule has 2 aromatic rings. The molecule has 1 atom stereocenters. The second kappa shape index (κ2) is 8.29. The molecule has 1 N–H and O–H groups in total. The molecule has 1 heterocycles.